The highest BCUT2D eigenvalue weighted by atomic mass is 32.3. The molecule has 0 aromatic heterocycles. The van der Waals surface area contributed by atoms with Crippen molar-refractivity contribution in [2.45, 2.75) is 38.8 Å². The van der Waals surface area contributed by atoms with E-state index in [4.69, 9.17) is 5.11 Å². The highest BCUT2D eigenvalue weighted by Crippen LogP contribution is 2.47. The number of amides is 1. The number of carbonyl (C=O) groups is 1. The van der Waals surface area contributed by atoms with Gasteiger partial charge in [0.05, 0.1) is 0 Å². The lowest BCUT2D eigenvalue weighted by molar-refractivity contribution is -0.138. The lowest BCUT2D eigenvalue weighted by Gasteiger charge is -2.57. The molecule has 1 saturated heterocycles. The summed E-state index contributed by atoms with van der Waals surface area (Å²) in [6, 6.07) is -0.294. The molecule has 1 aliphatic heterocycles. The van der Waals surface area contributed by atoms with Crippen molar-refractivity contribution in [3.8, 4) is 0 Å². The third-order valence-electron chi connectivity index (χ3n) is 3.09. The van der Waals surface area contributed by atoms with E-state index in [9.17, 15) is 13.9 Å². The van der Waals surface area contributed by atoms with Gasteiger partial charge in [0.2, 0.25) is 5.91 Å². The van der Waals surface area contributed by atoms with Crippen molar-refractivity contribution in [3.63, 3.8) is 0 Å². The van der Waals surface area contributed by atoms with E-state index in [0.29, 0.717) is 6.42 Å². The van der Waals surface area contributed by atoms with Gasteiger partial charge in [-0.3, -0.25) is 4.79 Å². The molecule has 0 saturated carbocycles. The minimum Gasteiger partial charge on any atom is -0.800 e. The van der Waals surface area contributed by atoms with Crippen LogP contribution in [0.25, 0.3) is 0 Å². The molecule has 0 bridgehead atoms. The Morgan fingerprint density at radius 2 is 2.25 bits per heavy atom. The van der Waals surface area contributed by atoms with E-state index in [0.717, 1.165) is 6.42 Å². The van der Waals surface area contributed by atoms with E-state index in [1.807, 2.05) is 13.8 Å². The molecule has 1 aliphatic rings. The van der Waals surface area contributed by atoms with E-state index >= 15 is 0 Å². The van der Waals surface area contributed by atoms with Gasteiger partial charge in [-0.25, -0.2) is 0 Å². The maximum Gasteiger partial charge on any atom is 0.248 e. The second-order valence-corrected chi connectivity index (χ2v) is 6.50. The van der Waals surface area contributed by atoms with Crippen molar-refractivity contribution >= 4 is 16.5 Å². The quantitative estimate of drug-likeness (QED) is 0.783. The SMILES string of the molecule is CCC(C)N(C(=O)CO)C1CCS([O-])([O-])C1. The molecule has 1 rings (SSSR count). The Kier molecular flexibility index (Phi) is 4.61. The fraction of sp³-hybridized carbons (Fsp3) is 0.900. The largest absolute Gasteiger partial charge is 0.800 e. The Balaban J connectivity index is 2.74. The summed E-state index contributed by atoms with van der Waals surface area (Å²) in [5.74, 6) is -0.205. The van der Waals surface area contributed by atoms with Crippen LogP contribution in [0.4, 0.5) is 0 Å². The topological polar surface area (TPSA) is 86.7 Å². The van der Waals surface area contributed by atoms with Gasteiger partial charge < -0.3 is 29.7 Å². The zero-order chi connectivity index (χ0) is 12.3. The molecule has 1 heterocycles. The Morgan fingerprint density at radius 3 is 2.62 bits per heavy atom. The maximum atomic E-state index is 11.6. The summed E-state index contributed by atoms with van der Waals surface area (Å²) in [6.07, 6.45) is 1.24. The number of nitrogens with zero attached hydrogens (tertiary/aromatic N) is 1. The van der Waals surface area contributed by atoms with Gasteiger partial charge in [0.25, 0.3) is 0 Å². The molecule has 1 amide bonds. The van der Waals surface area contributed by atoms with Gasteiger partial charge in [-0.1, -0.05) is 6.92 Å². The normalized spacial score (nSPS) is 27.4. The van der Waals surface area contributed by atoms with Crippen molar-refractivity contribution < 1.29 is 19.0 Å². The van der Waals surface area contributed by atoms with Crippen molar-refractivity contribution in [2.75, 3.05) is 18.1 Å². The summed E-state index contributed by atoms with van der Waals surface area (Å²) in [6.45, 7) is 3.26. The van der Waals surface area contributed by atoms with Crippen molar-refractivity contribution in [2.24, 2.45) is 0 Å². The van der Waals surface area contributed by atoms with Crippen LogP contribution in [0, 0.1) is 0 Å². The predicted octanol–water partition coefficient (Wildman–Crippen LogP) is 0.443. The van der Waals surface area contributed by atoms with Gasteiger partial charge in [-0.2, -0.15) is 0 Å². The van der Waals surface area contributed by atoms with E-state index in [1.165, 1.54) is 4.90 Å². The number of hydrogen-bond donors (Lipinski definition) is 1. The number of hydrogen-bond acceptors (Lipinski definition) is 4. The Bertz CT molecular complexity index is 259. The molecule has 1 N–H and O–H groups in total. The average Bonchev–Trinajstić information content (AvgIpc) is 2.58. The highest BCUT2D eigenvalue weighted by molar-refractivity contribution is 8.24. The summed E-state index contributed by atoms with van der Waals surface area (Å²) >= 11 is 0. The number of sulfone groups is 1. The van der Waals surface area contributed by atoms with Crippen LogP contribution in [0.15, 0.2) is 0 Å². The first-order valence-electron chi connectivity index (χ1n) is 5.53. The predicted molar refractivity (Wildman–Crippen MR) is 61.0 cm³/mol. The molecule has 5 nitrogen and oxygen atoms in total. The summed E-state index contributed by atoms with van der Waals surface area (Å²) < 4.78 is 22.7. The standard InChI is InChI=1S/C10H21NO4S/c1-3-8(2)11(10(13)6-12)9-4-5-16(14,15)7-9/h8-9,12,14-15H,3-7H2,1-2H3/p-2. The van der Waals surface area contributed by atoms with Gasteiger partial charge >= 0.3 is 0 Å². The Labute approximate surface area is 97.8 Å². The van der Waals surface area contributed by atoms with Gasteiger partial charge in [0, 0.05) is 12.1 Å². The van der Waals surface area contributed by atoms with Crippen LogP contribution in [0.5, 0.6) is 0 Å². The third kappa shape index (κ3) is 3.10. The lowest BCUT2D eigenvalue weighted by Crippen LogP contribution is -2.47. The van der Waals surface area contributed by atoms with Crippen LogP contribution in [-0.2, 0) is 4.79 Å². The average molecular weight is 249 g/mol. The van der Waals surface area contributed by atoms with Gasteiger partial charge in [-0.05, 0) is 31.3 Å². The van der Waals surface area contributed by atoms with Crippen molar-refractivity contribution in [3.05, 3.63) is 0 Å². The summed E-state index contributed by atoms with van der Waals surface area (Å²) in [5, 5.41) is 8.90. The second kappa shape index (κ2) is 5.35. The molecule has 16 heavy (non-hydrogen) atoms. The molecule has 0 aromatic rings. The van der Waals surface area contributed by atoms with E-state index in [1.54, 1.807) is 0 Å². The molecule has 1 fully saturated rings. The van der Waals surface area contributed by atoms with Gasteiger partial charge in [0.1, 0.15) is 6.61 Å². The van der Waals surface area contributed by atoms with Crippen LogP contribution < -0.4 is 0 Å². The molecule has 96 valence electrons. The molecule has 0 aromatic carbocycles. The Morgan fingerprint density at radius 1 is 1.62 bits per heavy atom. The number of aliphatic hydroxyl groups excluding tert-OH is 1. The van der Waals surface area contributed by atoms with E-state index < -0.39 is 17.2 Å². The number of carbonyl (C=O) groups excluding carboxylic acids is 1. The number of aliphatic hydroxyl groups is 1. The van der Waals surface area contributed by atoms with Crippen LogP contribution in [0.3, 0.4) is 0 Å². The van der Waals surface area contributed by atoms with Gasteiger partial charge in [-0.15, -0.1) is 0 Å². The zero-order valence-corrected chi connectivity index (χ0v) is 10.5. The molecule has 0 spiro atoms. The summed E-state index contributed by atoms with van der Waals surface area (Å²) in [7, 11) is -3.00. The van der Waals surface area contributed by atoms with Crippen LogP contribution in [0.2, 0.25) is 0 Å². The number of rotatable bonds is 4. The molecular weight excluding hydrogens is 230 g/mol. The molecule has 6 heteroatoms. The fourth-order valence-corrected chi connectivity index (χ4v) is 3.79. The monoisotopic (exact) mass is 249 g/mol. The van der Waals surface area contributed by atoms with Crippen LogP contribution >= 0.6 is 10.6 Å². The van der Waals surface area contributed by atoms with E-state index in [2.05, 4.69) is 0 Å². The molecule has 0 aliphatic carbocycles. The highest BCUT2D eigenvalue weighted by Gasteiger charge is 2.30. The van der Waals surface area contributed by atoms with E-state index in [-0.39, 0.29) is 29.5 Å². The molecule has 2 atom stereocenters. The minimum absolute atomic E-state index is 0.0297. The first-order valence-corrected chi connectivity index (χ1v) is 7.36. The van der Waals surface area contributed by atoms with Crippen molar-refractivity contribution in [1.29, 1.82) is 0 Å². The first-order chi connectivity index (χ1) is 7.41. The van der Waals surface area contributed by atoms with Crippen LogP contribution in [-0.4, -0.2) is 55.2 Å². The summed E-state index contributed by atoms with van der Waals surface area (Å²) in [5.41, 5.74) is 0. The van der Waals surface area contributed by atoms with Crippen molar-refractivity contribution in [1.82, 2.24) is 4.90 Å². The zero-order valence-electron chi connectivity index (χ0n) is 9.72. The van der Waals surface area contributed by atoms with Gasteiger partial charge in [0.15, 0.2) is 0 Å². The molecular formula is C10H19NO4S-2. The maximum absolute atomic E-state index is 11.6. The van der Waals surface area contributed by atoms with Crippen LogP contribution in [0.1, 0.15) is 26.7 Å². The Hall–Kier alpha value is -0.300. The minimum atomic E-state index is -3.00. The second-order valence-electron chi connectivity index (χ2n) is 4.27. The fourth-order valence-electron chi connectivity index (χ4n) is 2.08. The lowest BCUT2D eigenvalue weighted by atomic mass is 10.1. The third-order valence-corrected chi connectivity index (χ3v) is 4.84. The first kappa shape index (κ1) is 13.8. The smallest absolute Gasteiger partial charge is 0.248 e. The summed E-state index contributed by atoms with van der Waals surface area (Å²) in [4.78, 5) is 13.1. The molecule has 2 unspecified atom stereocenters. The molecule has 0 radical (unpaired) electrons.